The van der Waals surface area contributed by atoms with Gasteiger partial charge < -0.3 is 15.8 Å². The summed E-state index contributed by atoms with van der Waals surface area (Å²) in [5.41, 5.74) is -0.396. The van der Waals surface area contributed by atoms with E-state index in [0.29, 0.717) is 5.75 Å². The second-order valence-corrected chi connectivity index (χ2v) is 7.22. The molecule has 1 amide bonds. The standard InChI is InChI=1S/C19H19F4N5O2/c1-17(21)9-19(22,23)18(2,28-16(17)24)11-5-4-6-12(13(11)20)27-15(29)14-25-7-10(30-3)8-26-14/h4-8H,9H2,1-3H3,(H2,24,28)(H,27,29)/t17-,18-/m1/s1. The zero-order valence-corrected chi connectivity index (χ0v) is 16.3. The summed E-state index contributed by atoms with van der Waals surface area (Å²) in [6, 6.07) is 3.52. The highest BCUT2D eigenvalue weighted by molar-refractivity contribution is 6.01. The minimum Gasteiger partial charge on any atom is -0.494 e. The van der Waals surface area contributed by atoms with Crippen LogP contribution in [0.25, 0.3) is 0 Å². The van der Waals surface area contributed by atoms with E-state index in [1.54, 1.807) is 0 Å². The average Bonchev–Trinajstić information content (AvgIpc) is 2.67. The van der Waals surface area contributed by atoms with Gasteiger partial charge in [0, 0.05) is 5.56 Å². The summed E-state index contributed by atoms with van der Waals surface area (Å²) in [6.45, 7) is 1.85. The van der Waals surface area contributed by atoms with Gasteiger partial charge in [0.1, 0.15) is 5.84 Å². The monoisotopic (exact) mass is 425 g/mol. The number of amides is 1. The molecule has 1 aromatic carbocycles. The molecule has 7 nitrogen and oxygen atoms in total. The largest absolute Gasteiger partial charge is 0.494 e. The number of ether oxygens (including phenoxy) is 1. The van der Waals surface area contributed by atoms with Crippen LogP contribution in [0.2, 0.25) is 0 Å². The summed E-state index contributed by atoms with van der Waals surface area (Å²) < 4.78 is 64.0. The Kier molecular flexibility index (Phi) is 5.17. The van der Waals surface area contributed by atoms with Crippen LogP contribution in [-0.2, 0) is 5.54 Å². The van der Waals surface area contributed by atoms with Gasteiger partial charge in [0.25, 0.3) is 11.8 Å². The quantitative estimate of drug-likeness (QED) is 0.733. The molecule has 2 aromatic rings. The SMILES string of the molecule is COc1cnc(C(=O)Nc2cccc([C@@]3(C)N=C(N)[C@](C)(F)CC3(F)F)c2F)nc1. The average molecular weight is 425 g/mol. The number of amidine groups is 1. The van der Waals surface area contributed by atoms with Gasteiger partial charge in [0.2, 0.25) is 5.82 Å². The molecule has 0 unspecified atom stereocenters. The summed E-state index contributed by atoms with van der Waals surface area (Å²) >= 11 is 0. The lowest BCUT2D eigenvalue weighted by atomic mass is 9.77. The Balaban J connectivity index is 1.98. The van der Waals surface area contributed by atoms with Crippen LogP contribution in [0.15, 0.2) is 35.6 Å². The van der Waals surface area contributed by atoms with E-state index in [4.69, 9.17) is 10.5 Å². The van der Waals surface area contributed by atoms with E-state index in [1.807, 2.05) is 0 Å². The van der Waals surface area contributed by atoms with Crippen LogP contribution in [0.5, 0.6) is 5.75 Å². The number of rotatable bonds is 4. The van der Waals surface area contributed by atoms with Crippen molar-refractivity contribution < 1.29 is 27.1 Å². The van der Waals surface area contributed by atoms with Gasteiger partial charge in [-0.3, -0.25) is 9.79 Å². The van der Waals surface area contributed by atoms with E-state index in [-0.39, 0.29) is 5.82 Å². The predicted molar refractivity (Wildman–Crippen MR) is 101 cm³/mol. The summed E-state index contributed by atoms with van der Waals surface area (Å²) in [5.74, 6) is -6.40. The first-order valence-electron chi connectivity index (χ1n) is 8.80. The number of nitrogens with two attached hydrogens (primary N) is 1. The molecule has 160 valence electrons. The van der Waals surface area contributed by atoms with Crippen molar-refractivity contribution in [3.63, 3.8) is 0 Å². The van der Waals surface area contributed by atoms with Crippen LogP contribution < -0.4 is 15.8 Å². The minimum atomic E-state index is -3.75. The molecule has 1 aliphatic rings. The molecule has 0 spiro atoms. The maximum Gasteiger partial charge on any atom is 0.293 e. The molecule has 30 heavy (non-hydrogen) atoms. The fraction of sp³-hybridized carbons (Fsp3) is 0.368. The van der Waals surface area contributed by atoms with E-state index < -0.39 is 52.4 Å². The summed E-state index contributed by atoms with van der Waals surface area (Å²) in [4.78, 5) is 23.5. The van der Waals surface area contributed by atoms with E-state index in [1.165, 1.54) is 31.6 Å². The molecule has 3 N–H and O–H groups in total. The number of nitrogens with one attached hydrogen (secondary N) is 1. The number of nitrogens with zero attached hydrogens (tertiary/aromatic N) is 3. The molecule has 3 rings (SSSR count). The number of carbonyl (C=O) groups is 1. The molecule has 0 bridgehead atoms. The van der Waals surface area contributed by atoms with Gasteiger partial charge in [-0.2, -0.15) is 0 Å². The Morgan fingerprint density at radius 2 is 1.83 bits per heavy atom. The van der Waals surface area contributed by atoms with E-state index in [9.17, 15) is 18.0 Å². The lowest BCUT2D eigenvalue weighted by molar-refractivity contribution is -0.106. The second-order valence-electron chi connectivity index (χ2n) is 7.22. The summed E-state index contributed by atoms with van der Waals surface area (Å²) in [7, 11) is 1.39. The van der Waals surface area contributed by atoms with E-state index in [0.717, 1.165) is 19.9 Å². The highest BCUT2D eigenvalue weighted by Crippen LogP contribution is 2.50. The molecule has 1 aromatic heterocycles. The van der Waals surface area contributed by atoms with Crippen molar-refractivity contribution in [1.82, 2.24) is 9.97 Å². The van der Waals surface area contributed by atoms with Gasteiger partial charge in [-0.05, 0) is 19.9 Å². The first-order chi connectivity index (χ1) is 13.9. The van der Waals surface area contributed by atoms with Gasteiger partial charge in [0.05, 0.1) is 31.6 Å². The lowest BCUT2D eigenvalue weighted by Gasteiger charge is -2.42. The van der Waals surface area contributed by atoms with Crippen molar-refractivity contribution in [2.45, 2.75) is 37.4 Å². The molecular formula is C19H19F4N5O2. The third-order valence-electron chi connectivity index (χ3n) is 4.98. The highest BCUT2D eigenvalue weighted by Gasteiger charge is 2.60. The molecule has 2 atom stereocenters. The third kappa shape index (κ3) is 3.55. The molecule has 1 aliphatic heterocycles. The highest BCUT2D eigenvalue weighted by atomic mass is 19.3. The lowest BCUT2D eigenvalue weighted by Crippen LogP contribution is -2.56. The molecule has 0 radical (unpaired) electrons. The van der Waals surface area contributed by atoms with Crippen LogP contribution in [0.1, 0.15) is 36.5 Å². The van der Waals surface area contributed by atoms with Crippen LogP contribution >= 0.6 is 0 Å². The van der Waals surface area contributed by atoms with Crippen LogP contribution in [0.3, 0.4) is 0 Å². The Morgan fingerprint density at radius 1 is 1.20 bits per heavy atom. The Labute approximate surface area is 169 Å². The van der Waals surface area contributed by atoms with E-state index in [2.05, 4.69) is 20.3 Å². The molecule has 0 fully saturated rings. The number of hydrogen-bond acceptors (Lipinski definition) is 6. The van der Waals surface area contributed by atoms with Gasteiger partial charge in [-0.15, -0.1) is 0 Å². The number of aliphatic imine (C=N–C) groups is 1. The van der Waals surface area contributed by atoms with E-state index >= 15 is 4.39 Å². The first-order valence-corrected chi connectivity index (χ1v) is 8.80. The number of benzene rings is 1. The van der Waals surface area contributed by atoms with Crippen molar-refractivity contribution in [1.29, 1.82) is 0 Å². The summed E-state index contributed by atoms with van der Waals surface area (Å²) in [6.07, 6.45) is 1.22. The first kappa shape index (κ1) is 21.5. The number of aromatic nitrogens is 2. The predicted octanol–water partition coefficient (Wildman–Crippen LogP) is 3.22. The zero-order chi connectivity index (χ0) is 22.3. The third-order valence-corrected chi connectivity index (χ3v) is 4.98. The maximum atomic E-state index is 15.1. The van der Waals surface area contributed by atoms with Crippen LogP contribution in [0, 0.1) is 5.82 Å². The smallest absolute Gasteiger partial charge is 0.293 e. The Morgan fingerprint density at radius 3 is 2.43 bits per heavy atom. The van der Waals surface area contributed by atoms with Crippen molar-refractivity contribution in [3.05, 3.63) is 47.8 Å². The topological polar surface area (TPSA) is 102 Å². The number of methoxy groups -OCH3 is 1. The summed E-state index contributed by atoms with van der Waals surface area (Å²) in [5, 5.41) is 2.24. The number of alkyl halides is 3. The Hall–Kier alpha value is -3.24. The number of hydrogen-bond donors (Lipinski definition) is 2. The van der Waals surface area contributed by atoms with Crippen LogP contribution in [-0.4, -0.2) is 40.4 Å². The Bertz CT molecular complexity index is 1010. The molecular weight excluding hydrogens is 406 g/mol. The number of anilines is 1. The molecule has 2 heterocycles. The fourth-order valence-electron chi connectivity index (χ4n) is 3.10. The van der Waals surface area contributed by atoms with Crippen LogP contribution in [0.4, 0.5) is 23.2 Å². The van der Waals surface area contributed by atoms with Crippen molar-refractivity contribution in [2.24, 2.45) is 10.7 Å². The van der Waals surface area contributed by atoms with Gasteiger partial charge in [-0.25, -0.2) is 27.5 Å². The normalized spacial score (nSPS) is 25.4. The maximum absolute atomic E-state index is 15.1. The second kappa shape index (κ2) is 7.22. The molecule has 0 saturated heterocycles. The molecule has 0 aliphatic carbocycles. The van der Waals surface area contributed by atoms with Gasteiger partial charge >= 0.3 is 0 Å². The zero-order valence-electron chi connectivity index (χ0n) is 16.3. The van der Waals surface area contributed by atoms with Crippen molar-refractivity contribution >= 4 is 17.4 Å². The molecule has 0 saturated carbocycles. The van der Waals surface area contributed by atoms with Crippen molar-refractivity contribution in [2.75, 3.05) is 12.4 Å². The number of carbonyl (C=O) groups excluding carboxylic acids is 1. The van der Waals surface area contributed by atoms with Gasteiger partial charge in [0.15, 0.2) is 22.8 Å². The molecule has 11 heteroatoms. The fourth-order valence-corrected chi connectivity index (χ4v) is 3.10. The van der Waals surface area contributed by atoms with Crippen molar-refractivity contribution in [3.8, 4) is 5.75 Å². The van der Waals surface area contributed by atoms with Gasteiger partial charge in [-0.1, -0.05) is 12.1 Å². The minimum absolute atomic E-state index is 0.287. The number of halogens is 4.